The molecule has 4 atom stereocenters. The summed E-state index contributed by atoms with van der Waals surface area (Å²) in [5, 5.41) is 12.5. The second-order valence-corrected chi connectivity index (χ2v) is 15.7. The zero-order chi connectivity index (χ0) is 30.3. The second-order valence-electron chi connectivity index (χ2n) is 12.4. The molecule has 1 saturated heterocycles. The standard InChI is InChI=1S/C28H38B2N6O2P2S/c1-15-9-17(11-18(10-15)38-27(5,6)26(3,4)29)21-12-22(33-24(37)19-13-32-16(2)20(19)14-41)35-36(21)23-7-8-31-25(34-23)28(30,39)40/h7-12,14,19-20,32H,2,13,29-30,39-40H2,1,3-6H3,(H,33,35,37)/t19-,20?/m0/s1. The lowest BCUT2D eigenvalue weighted by molar-refractivity contribution is -0.119. The maximum absolute atomic E-state index is 13.3. The van der Waals surface area contributed by atoms with E-state index in [1.165, 1.54) is 0 Å². The van der Waals surface area contributed by atoms with Crippen LogP contribution in [0.15, 0.2) is 48.8 Å². The van der Waals surface area contributed by atoms with Crippen LogP contribution in [0.4, 0.5) is 5.82 Å². The Morgan fingerprint density at radius 2 is 1.95 bits per heavy atom. The van der Waals surface area contributed by atoms with Crippen LogP contribution in [0.2, 0.25) is 5.31 Å². The monoisotopic (exact) mass is 606 g/mol. The first-order chi connectivity index (χ1) is 19.0. The highest BCUT2D eigenvalue weighted by Gasteiger charge is 2.36. The summed E-state index contributed by atoms with van der Waals surface area (Å²) >= 11 is 5.17. The van der Waals surface area contributed by atoms with Gasteiger partial charge in [-0.05, 0) is 55.2 Å². The number of nitrogens with one attached hydrogen (secondary N) is 2. The Kier molecular flexibility index (Phi) is 8.86. The third-order valence-corrected chi connectivity index (χ3v) is 8.50. The number of hydrogen-bond donors (Lipinski definition) is 2. The molecule has 0 bridgehead atoms. The molecule has 3 heterocycles. The minimum atomic E-state index is -0.420. The van der Waals surface area contributed by atoms with Crippen molar-refractivity contribution in [1.29, 1.82) is 0 Å². The summed E-state index contributed by atoms with van der Waals surface area (Å²) in [5.74, 6) is 1.59. The van der Waals surface area contributed by atoms with Gasteiger partial charge in [-0.15, -0.1) is 23.6 Å². The fourth-order valence-electron chi connectivity index (χ4n) is 4.33. The number of aryl methyl sites for hydroxylation is 1. The molecule has 3 aromatic rings. The summed E-state index contributed by atoms with van der Waals surface area (Å²) in [6.07, 6.45) is 1.71. The second kappa shape index (κ2) is 11.6. The van der Waals surface area contributed by atoms with Gasteiger partial charge in [-0.2, -0.15) is 0 Å². The number of hydrogen-bond acceptors (Lipinski definition) is 7. The summed E-state index contributed by atoms with van der Waals surface area (Å²) in [6, 6.07) is 9.76. The Bertz CT molecular complexity index is 1500. The van der Waals surface area contributed by atoms with Crippen LogP contribution in [-0.4, -0.2) is 58.9 Å². The van der Waals surface area contributed by atoms with E-state index in [1.54, 1.807) is 22.3 Å². The van der Waals surface area contributed by atoms with E-state index in [-0.39, 0.29) is 23.1 Å². The van der Waals surface area contributed by atoms with Crippen molar-refractivity contribution >= 4 is 63.5 Å². The highest BCUT2D eigenvalue weighted by Crippen LogP contribution is 2.40. The van der Waals surface area contributed by atoms with Crippen LogP contribution in [0.1, 0.15) is 39.1 Å². The van der Waals surface area contributed by atoms with E-state index in [9.17, 15) is 4.79 Å². The smallest absolute Gasteiger partial charge is 0.231 e. The van der Waals surface area contributed by atoms with Gasteiger partial charge in [-0.25, -0.2) is 14.6 Å². The Labute approximate surface area is 254 Å². The Balaban J connectivity index is 1.80. The van der Waals surface area contributed by atoms with E-state index < -0.39 is 10.4 Å². The number of aromatic nitrogens is 4. The Morgan fingerprint density at radius 1 is 1.24 bits per heavy atom. The maximum atomic E-state index is 13.3. The number of rotatable bonds is 9. The molecule has 3 unspecified atom stereocenters. The number of anilines is 1. The molecule has 4 rings (SSSR count). The van der Waals surface area contributed by atoms with E-state index in [0.29, 0.717) is 24.0 Å². The van der Waals surface area contributed by atoms with E-state index in [2.05, 4.69) is 82.3 Å². The lowest BCUT2D eigenvalue weighted by Crippen LogP contribution is -2.39. The molecule has 1 aromatic carbocycles. The van der Waals surface area contributed by atoms with Crippen molar-refractivity contribution in [2.45, 2.75) is 50.3 Å². The fourth-order valence-corrected chi connectivity index (χ4v) is 4.96. The summed E-state index contributed by atoms with van der Waals surface area (Å²) in [4.78, 5) is 22.1. The van der Waals surface area contributed by atoms with E-state index in [1.807, 2.05) is 33.0 Å². The first-order valence-corrected chi connectivity index (χ1v) is 15.1. The van der Waals surface area contributed by atoms with E-state index >= 15 is 0 Å². The van der Waals surface area contributed by atoms with Gasteiger partial charge < -0.3 is 15.4 Å². The maximum Gasteiger partial charge on any atom is 0.231 e. The molecule has 13 heteroatoms. The van der Waals surface area contributed by atoms with Crippen LogP contribution < -0.4 is 15.4 Å². The average Bonchev–Trinajstić information content (AvgIpc) is 3.45. The lowest BCUT2D eigenvalue weighted by atomic mass is 9.62. The third kappa shape index (κ3) is 6.90. The SMILES string of the molecule is BC(P)(P)c1nccc(-n2nc(NC(=O)[C@H]3CNC(=C)C3C=S)cc2-c2cc(C)cc(OC(C)(C)C(B)(C)C)c2)n1. The van der Waals surface area contributed by atoms with Crippen molar-refractivity contribution in [3.8, 4) is 22.8 Å². The molecule has 0 radical (unpaired) electrons. The molecule has 2 N–H and O–H groups in total. The summed E-state index contributed by atoms with van der Waals surface area (Å²) in [7, 11) is 9.63. The van der Waals surface area contributed by atoms with Crippen LogP contribution >= 0.6 is 30.7 Å². The Hall–Kier alpha value is -2.60. The van der Waals surface area contributed by atoms with Gasteiger partial charge in [0.25, 0.3) is 0 Å². The molecule has 0 spiro atoms. The molecule has 0 saturated carbocycles. The number of carbonyl (C=O) groups is 1. The average molecular weight is 606 g/mol. The number of benzene rings is 1. The van der Waals surface area contributed by atoms with Gasteiger partial charge in [0.15, 0.2) is 11.6 Å². The molecule has 1 aliphatic heterocycles. The first-order valence-electron chi connectivity index (χ1n) is 13.5. The summed E-state index contributed by atoms with van der Waals surface area (Å²) < 4.78 is 8.27. The van der Waals surface area contributed by atoms with Crippen molar-refractivity contribution in [3.63, 3.8) is 0 Å². The molecule has 1 fully saturated rings. The highest BCUT2D eigenvalue weighted by atomic mass is 32.1. The molecule has 0 aliphatic carbocycles. The lowest BCUT2D eigenvalue weighted by Gasteiger charge is -2.39. The fraction of sp³-hybridized carbons (Fsp3) is 0.393. The molecule has 2 aromatic heterocycles. The van der Waals surface area contributed by atoms with Gasteiger partial charge in [0, 0.05) is 46.8 Å². The minimum Gasteiger partial charge on any atom is -0.488 e. The predicted octanol–water partition coefficient (Wildman–Crippen LogP) is 3.41. The minimum absolute atomic E-state index is 0.0861. The van der Waals surface area contributed by atoms with Crippen LogP contribution in [0.25, 0.3) is 17.1 Å². The van der Waals surface area contributed by atoms with Crippen molar-refractivity contribution in [2.75, 3.05) is 11.9 Å². The van der Waals surface area contributed by atoms with Crippen molar-refractivity contribution in [3.05, 3.63) is 60.2 Å². The van der Waals surface area contributed by atoms with Crippen molar-refractivity contribution in [1.82, 2.24) is 25.1 Å². The van der Waals surface area contributed by atoms with Gasteiger partial charge in [0.1, 0.15) is 32.9 Å². The number of nitrogens with zero attached hydrogens (tertiary/aromatic N) is 4. The van der Waals surface area contributed by atoms with Gasteiger partial charge in [-0.1, -0.05) is 32.6 Å². The zero-order valence-electron chi connectivity index (χ0n) is 24.8. The molecule has 1 aliphatic rings. The van der Waals surface area contributed by atoms with Crippen LogP contribution in [0, 0.1) is 18.8 Å². The number of ether oxygens (including phenoxy) is 1. The highest BCUT2D eigenvalue weighted by molar-refractivity contribution is 7.79. The summed E-state index contributed by atoms with van der Waals surface area (Å²) in [6.45, 7) is 15.0. The molecule has 214 valence electrons. The molecule has 1 amide bonds. The van der Waals surface area contributed by atoms with Crippen molar-refractivity contribution < 1.29 is 9.53 Å². The van der Waals surface area contributed by atoms with Gasteiger partial charge in [0.05, 0.1) is 11.6 Å². The third-order valence-electron chi connectivity index (χ3n) is 7.69. The van der Waals surface area contributed by atoms with Gasteiger partial charge in [0.2, 0.25) is 5.91 Å². The normalized spacial score (nSPS) is 17.7. The first kappa shape index (κ1) is 31.3. The topological polar surface area (TPSA) is 94.0 Å². The number of thiocarbonyl (C=S) groups is 1. The van der Waals surface area contributed by atoms with Crippen molar-refractivity contribution in [2.24, 2.45) is 11.8 Å². The number of allylic oxidation sites excluding steroid dienone is 1. The van der Waals surface area contributed by atoms with E-state index in [4.69, 9.17) is 27.0 Å². The Morgan fingerprint density at radius 3 is 2.59 bits per heavy atom. The summed E-state index contributed by atoms with van der Waals surface area (Å²) in [5.41, 5.74) is 3.00. The van der Waals surface area contributed by atoms with Gasteiger partial charge >= 0.3 is 0 Å². The van der Waals surface area contributed by atoms with Gasteiger partial charge in [-0.3, -0.25) is 4.79 Å². The van der Waals surface area contributed by atoms with Crippen LogP contribution in [0.3, 0.4) is 0 Å². The number of amides is 1. The van der Waals surface area contributed by atoms with Crippen LogP contribution in [0.5, 0.6) is 5.75 Å². The molecule has 8 nitrogen and oxygen atoms in total. The quantitative estimate of drug-likeness (QED) is 0.219. The number of carbonyl (C=O) groups excluding carboxylic acids is 1. The molecular formula is C28H38B2N6O2P2S. The zero-order valence-corrected chi connectivity index (χ0v) is 27.9. The molecular weight excluding hydrogens is 568 g/mol. The van der Waals surface area contributed by atoms with Crippen LogP contribution in [-0.2, 0) is 9.59 Å². The largest absolute Gasteiger partial charge is 0.488 e. The molecule has 41 heavy (non-hydrogen) atoms. The predicted molar refractivity (Wildman–Crippen MR) is 183 cm³/mol. The van der Waals surface area contributed by atoms with E-state index in [0.717, 1.165) is 28.3 Å².